The summed E-state index contributed by atoms with van der Waals surface area (Å²) in [4.78, 5) is 11.7. The Morgan fingerprint density at radius 2 is 1.59 bits per heavy atom. The van der Waals surface area contributed by atoms with Crippen molar-refractivity contribution in [1.82, 2.24) is 5.32 Å². The third kappa shape index (κ3) is 10.3. The molecule has 0 aromatic heterocycles. The Balaban J connectivity index is 3.94. The lowest BCUT2D eigenvalue weighted by atomic mass is 9.92. The van der Waals surface area contributed by atoms with E-state index in [0.29, 0.717) is 5.92 Å². The molecule has 17 heavy (non-hydrogen) atoms. The second-order valence-electron chi connectivity index (χ2n) is 5.43. The number of nitrogens with one attached hydrogen (secondary N) is 1. The van der Waals surface area contributed by atoms with Crippen LogP contribution in [0.2, 0.25) is 0 Å². The Kier molecular flexibility index (Phi) is 10.3. The molecule has 0 heterocycles. The van der Waals surface area contributed by atoms with Gasteiger partial charge in [-0.2, -0.15) is 0 Å². The molecule has 0 aliphatic heterocycles. The van der Waals surface area contributed by atoms with Gasteiger partial charge in [-0.1, -0.05) is 46.0 Å². The minimum absolute atomic E-state index is 0.234. The van der Waals surface area contributed by atoms with Crippen molar-refractivity contribution in [2.24, 2.45) is 5.92 Å². The van der Waals surface area contributed by atoms with Crippen molar-refractivity contribution in [3.05, 3.63) is 0 Å². The molecule has 0 saturated carbocycles. The number of carbonyl (C=O) groups excluding carboxylic acids is 1. The first kappa shape index (κ1) is 16.5. The van der Waals surface area contributed by atoms with E-state index in [2.05, 4.69) is 19.2 Å². The van der Waals surface area contributed by atoms with Crippen LogP contribution in [0.5, 0.6) is 0 Å². The highest BCUT2D eigenvalue weighted by Crippen LogP contribution is 2.20. The molecular formula is C15H31NO. The first-order valence-corrected chi connectivity index (χ1v) is 7.39. The maximum atomic E-state index is 11.7. The quantitative estimate of drug-likeness (QED) is 0.568. The number of rotatable bonds is 10. The van der Waals surface area contributed by atoms with E-state index in [1.54, 1.807) is 0 Å². The molecule has 1 N–H and O–H groups in total. The molecule has 1 amide bonds. The van der Waals surface area contributed by atoms with E-state index in [1.807, 2.05) is 13.8 Å². The summed E-state index contributed by atoms with van der Waals surface area (Å²) < 4.78 is 0. The standard InChI is InChI=1S/C15H31NO/c1-5-7-9-11-14(10-8-6-2)12-15(17)16-13(3)4/h13-14H,5-12H2,1-4H3,(H,16,17). The van der Waals surface area contributed by atoms with Crippen LogP contribution in [0.4, 0.5) is 0 Å². The summed E-state index contributed by atoms with van der Waals surface area (Å²) in [5.74, 6) is 0.831. The molecule has 2 heteroatoms. The summed E-state index contributed by atoms with van der Waals surface area (Å²) in [7, 11) is 0. The molecule has 0 spiro atoms. The fraction of sp³-hybridized carbons (Fsp3) is 0.933. The van der Waals surface area contributed by atoms with Gasteiger partial charge >= 0.3 is 0 Å². The van der Waals surface area contributed by atoms with E-state index < -0.39 is 0 Å². The maximum absolute atomic E-state index is 11.7. The van der Waals surface area contributed by atoms with Gasteiger partial charge in [0.05, 0.1) is 0 Å². The van der Waals surface area contributed by atoms with Crippen molar-refractivity contribution in [3.8, 4) is 0 Å². The van der Waals surface area contributed by atoms with Crippen LogP contribution in [-0.2, 0) is 4.79 Å². The number of amides is 1. The number of unbranched alkanes of at least 4 members (excludes halogenated alkanes) is 3. The molecule has 0 aliphatic carbocycles. The van der Waals surface area contributed by atoms with Gasteiger partial charge in [-0.3, -0.25) is 4.79 Å². The number of carbonyl (C=O) groups is 1. The Morgan fingerprint density at radius 3 is 2.12 bits per heavy atom. The molecule has 0 radical (unpaired) electrons. The third-order valence-electron chi connectivity index (χ3n) is 3.11. The maximum Gasteiger partial charge on any atom is 0.220 e. The summed E-state index contributed by atoms with van der Waals surface area (Å²) in [6, 6.07) is 0.268. The predicted octanol–water partition coefficient (Wildman–Crippen LogP) is 4.29. The van der Waals surface area contributed by atoms with E-state index in [0.717, 1.165) is 6.42 Å². The highest BCUT2D eigenvalue weighted by Gasteiger charge is 2.13. The van der Waals surface area contributed by atoms with Gasteiger partial charge in [-0.15, -0.1) is 0 Å². The lowest BCUT2D eigenvalue weighted by molar-refractivity contribution is -0.122. The molecule has 0 fully saturated rings. The van der Waals surface area contributed by atoms with E-state index in [-0.39, 0.29) is 11.9 Å². The van der Waals surface area contributed by atoms with Crippen molar-refractivity contribution in [1.29, 1.82) is 0 Å². The van der Waals surface area contributed by atoms with Gasteiger partial charge in [0.15, 0.2) is 0 Å². The van der Waals surface area contributed by atoms with Crippen LogP contribution in [0.3, 0.4) is 0 Å². The third-order valence-corrected chi connectivity index (χ3v) is 3.11. The zero-order chi connectivity index (χ0) is 13.1. The number of hydrogen-bond donors (Lipinski definition) is 1. The largest absolute Gasteiger partial charge is 0.354 e. The molecule has 102 valence electrons. The lowest BCUT2D eigenvalue weighted by Crippen LogP contribution is -2.31. The lowest BCUT2D eigenvalue weighted by Gasteiger charge is -2.17. The van der Waals surface area contributed by atoms with Crippen LogP contribution in [-0.4, -0.2) is 11.9 Å². The molecule has 1 unspecified atom stereocenters. The predicted molar refractivity (Wildman–Crippen MR) is 75.1 cm³/mol. The fourth-order valence-corrected chi connectivity index (χ4v) is 2.17. The van der Waals surface area contributed by atoms with Crippen molar-refractivity contribution in [2.75, 3.05) is 0 Å². The second kappa shape index (κ2) is 10.6. The van der Waals surface area contributed by atoms with E-state index in [9.17, 15) is 4.79 Å². The van der Waals surface area contributed by atoms with Crippen LogP contribution in [0, 0.1) is 5.92 Å². The summed E-state index contributed by atoms with van der Waals surface area (Å²) in [6.07, 6.45) is 9.49. The Morgan fingerprint density at radius 1 is 1.00 bits per heavy atom. The number of hydrogen-bond acceptors (Lipinski definition) is 1. The SMILES string of the molecule is CCCCCC(CCCC)CC(=O)NC(C)C. The molecule has 0 bridgehead atoms. The van der Waals surface area contributed by atoms with Crippen LogP contribution in [0.1, 0.15) is 79.1 Å². The van der Waals surface area contributed by atoms with Gasteiger partial charge in [0.1, 0.15) is 0 Å². The van der Waals surface area contributed by atoms with Gasteiger partial charge in [-0.25, -0.2) is 0 Å². The minimum atomic E-state index is 0.234. The van der Waals surface area contributed by atoms with Gasteiger partial charge < -0.3 is 5.32 Å². The fourth-order valence-electron chi connectivity index (χ4n) is 2.17. The van der Waals surface area contributed by atoms with Crippen molar-refractivity contribution in [3.63, 3.8) is 0 Å². The zero-order valence-electron chi connectivity index (χ0n) is 12.2. The highest BCUT2D eigenvalue weighted by atomic mass is 16.1. The topological polar surface area (TPSA) is 29.1 Å². The molecule has 0 aromatic carbocycles. The molecule has 1 atom stereocenters. The van der Waals surface area contributed by atoms with Gasteiger partial charge in [0, 0.05) is 12.5 Å². The van der Waals surface area contributed by atoms with Crippen LogP contribution in [0.15, 0.2) is 0 Å². The van der Waals surface area contributed by atoms with Crippen LogP contribution < -0.4 is 5.32 Å². The van der Waals surface area contributed by atoms with Gasteiger partial charge in [0.2, 0.25) is 5.91 Å². The first-order valence-electron chi connectivity index (χ1n) is 7.39. The second-order valence-corrected chi connectivity index (χ2v) is 5.43. The molecule has 2 nitrogen and oxygen atoms in total. The van der Waals surface area contributed by atoms with E-state index in [4.69, 9.17) is 0 Å². The minimum Gasteiger partial charge on any atom is -0.354 e. The summed E-state index contributed by atoms with van der Waals surface area (Å²) in [6.45, 7) is 8.50. The van der Waals surface area contributed by atoms with Crippen molar-refractivity contribution in [2.45, 2.75) is 85.1 Å². The van der Waals surface area contributed by atoms with Gasteiger partial charge in [0.25, 0.3) is 0 Å². The first-order chi connectivity index (χ1) is 8.10. The molecule has 0 rings (SSSR count). The normalized spacial score (nSPS) is 12.8. The average Bonchev–Trinajstić information content (AvgIpc) is 2.24. The highest BCUT2D eigenvalue weighted by molar-refractivity contribution is 5.76. The Bertz CT molecular complexity index is 189. The summed E-state index contributed by atoms with van der Waals surface area (Å²) in [5, 5.41) is 3.00. The van der Waals surface area contributed by atoms with E-state index >= 15 is 0 Å². The molecule has 0 aliphatic rings. The smallest absolute Gasteiger partial charge is 0.220 e. The Labute approximate surface area is 108 Å². The summed E-state index contributed by atoms with van der Waals surface area (Å²) in [5.41, 5.74) is 0. The average molecular weight is 241 g/mol. The van der Waals surface area contributed by atoms with Crippen LogP contribution >= 0.6 is 0 Å². The zero-order valence-corrected chi connectivity index (χ0v) is 12.2. The monoisotopic (exact) mass is 241 g/mol. The van der Waals surface area contributed by atoms with Gasteiger partial charge in [-0.05, 0) is 32.6 Å². The van der Waals surface area contributed by atoms with E-state index in [1.165, 1.54) is 44.9 Å². The summed E-state index contributed by atoms with van der Waals surface area (Å²) >= 11 is 0. The molecule has 0 saturated heterocycles. The van der Waals surface area contributed by atoms with Crippen molar-refractivity contribution < 1.29 is 4.79 Å². The molecule has 0 aromatic rings. The Hall–Kier alpha value is -0.530. The van der Waals surface area contributed by atoms with Crippen molar-refractivity contribution >= 4 is 5.91 Å². The molecular weight excluding hydrogens is 210 g/mol. The van der Waals surface area contributed by atoms with Crippen LogP contribution in [0.25, 0.3) is 0 Å².